The van der Waals surface area contributed by atoms with Crippen molar-refractivity contribution in [2.75, 3.05) is 19.0 Å². The van der Waals surface area contributed by atoms with Gasteiger partial charge in [-0.1, -0.05) is 18.2 Å². The summed E-state index contributed by atoms with van der Waals surface area (Å²) in [6.07, 6.45) is 3.10. The number of ether oxygens (including phenoxy) is 1. The average molecular weight is 379 g/mol. The Bertz CT molecular complexity index is 952. The van der Waals surface area contributed by atoms with Crippen LogP contribution >= 0.6 is 0 Å². The minimum absolute atomic E-state index is 0.142. The van der Waals surface area contributed by atoms with Crippen LogP contribution in [-0.2, 0) is 11.3 Å². The number of nitrogens with one attached hydrogen (secondary N) is 2. The van der Waals surface area contributed by atoms with Gasteiger partial charge in [0.05, 0.1) is 25.9 Å². The number of hydrogen-bond acceptors (Lipinski definition) is 5. The number of anilines is 1. The Morgan fingerprint density at radius 1 is 1.14 bits per heavy atom. The molecule has 2 amide bonds. The van der Waals surface area contributed by atoms with E-state index in [9.17, 15) is 9.59 Å². The van der Waals surface area contributed by atoms with Gasteiger partial charge >= 0.3 is 0 Å². The zero-order valence-electron chi connectivity index (χ0n) is 15.7. The molecule has 3 rings (SSSR count). The van der Waals surface area contributed by atoms with E-state index in [1.165, 1.54) is 13.4 Å². The fraction of sp³-hybridized carbons (Fsp3) is 0.200. The topological polar surface area (TPSA) is 98.1 Å². The highest BCUT2D eigenvalue weighted by Gasteiger charge is 2.11. The van der Waals surface area contributed by atoms with Gasteiger partial charge in [-0.15, -0.1) is 0 Å². The van der Waals surface area contributed by atoms with Gasteiger partial charge in [-0.3, -0.25) is 9.59 Å². The molecule has 0 saturated carbocycles. The number of aromatic nitrogens is 3. The summed E-state index contributed by atoms with van der Waals surface area (Å²) in [5, 5.41) is 9.41. The zero-order valence-corrected chi connectivity index (χ0v) is 15.7. The molecule has 0 unspecified atom stereocenters. The van der Waals surface area contributed by atoms with E-state index in [0.29, 0.717) is 23.5 Å². The van der Waals surface area contributed by atoms with E-state index in [-0.39, 0.29) is 18.4 Å². The summed E-state index contributed by atoms with van der Waals surface area (Å²) < 4.78 is 6.93. The number of amides is 2. The second-order valence-electron chi connectivity index (χ2n) is 6.22. The highest BCUT2D eigenvalue weighted by Crippen LogP contribution is 2.24. The van der Waals surface area contributed by atoms with Crippen LogP contribution in [0.15, 0.2) is 55.1 Å². The Morgan fingerprint density at radius 3 is 2.61 bits per heavy atom. The molecule has 0 aliphatic heterocycles. The van der Waals surface area contributed by atoms with Gasteiger partial charge in [-0.05, 0) is 42.3 Å². The third-order valence-corrected chi connectivity index (χ3v) is 4.07. The molecule has 0 fully saturated rings. The minimum Gasteiger partial charge on any atom is -0.495 e. The van der Waals surface area contributed by atoms with E-state index < -0.39 is 0 Å². The van der Waals surface area contributed by atoms with Gasteiger partial charge in [0.15, 0.2) is 0 Å². The second kappa shape index (κ2) is 8.81. The molecule has 8 nitrogen and oxygen atoms in total. The van der Waals surface area contributed by atoms with Gasteiger partial charge in [0.2, 0.25) is 5.91 Å². The maximum absolute atomic E-state index is 12.3. The summed E-state index contributed by atoms with van der Waals surface area (Å²) in [5.41, 5.74) is 3.03. The number of benzene rings is 2. The monoisotopic (exact) mass is 379 g/mol. The molecule has 1 aromatic heterocycles. The van der Waals surface area contributed by atoms with Crippen LogP contribution in [-0.4, -0.2) is 40.2 Å². The predicted molar refractivity (Wildman–Crippen MR) is 104 cm³/mol. The number of carbonyl (C=O) groups excluding carboxylic acids is 2. The Balaban J connectivity index is 1.53. The fourth-order valence-corrected chi connectivity index (χ4v) is 2.64. The van der Waals surface area contributed by atoms with Gasteiger partial charge in [0.25, 0.3) is 5.91 Å². The van der Waals surface area contributed by atoms with Crippen molar-refractivity contribution in [2.24, 2.45) is 0 Å². The molecule has 0 saturated heterocycles. The van der Waals surface area contributed by atoms with Crippen LogP contribution < -0.4 is 15.4 Å². The largest absolute Gasteiger partial charge is 0.495 e. The smallest absolute Gasteiger partial charge is 0.251 e. The van der Waals surface area contributed by atoms with Crippen LogP contribution in [0.1, 0.15) is 21.5 Å². The summed E-state index contributed by atoms with van der Waals surface area (Å²) in [7, 11) is 1.54. The molecule has 28 heavy (non-hydrogen) atoms. The molecule has 0 aliphatic rings. The fourth-order valence-electron chi connectivity index (χ4n) is 2.64. The van der Waals surface area contributed by atoms with Crippen molar-refractivity contribution in [3.63, 3.8) is 0 Å². The molecular formula is C20H21N5O3. The molecule has 2 aromatic carbocycles. The van der Waals surface area contributed by atoms with Crippen molar-refractivity contribution in [1.29, 1.82) is 0 Å². The molecule has 0 spiro atoms. The van der Waals surface area contributed by atoms with E-state index in [1.54, 1.807) is 29.2 Å². The molecule has 2 N–H and O–H groups in total. The van der Waals surface area contributed by atoms with E-state index in [0.717, 1.165) is 11.1 Å². The van der Waals surface area contributed by atoms with Crippen LogP contribution in [0.3, 0.4) is 0 Å². The molecule has 0 bridgehead atoms. The first-order chi connectivity index (χ1) is 13.5. The quantitative estimate of drug-likeness (QED) is 0.654. The molecule has 1 heterocycles. The zero-order chi connectivity index (χ0) is 19.9. The van der Waals surface area contributed by atoms with Crippen LogP contribution in [0, 0.1) is 6.92 Å². The summed E-state index contributed by atoms with van der Waals surface area (Å²) in [4.78, 5) is 28.3. The van der Waals surface area contributed by atoms with Crippen LogP contribution in [0.4, 0.5) is 5.69 Å². The highest BCUT2D eigenvalue weighted by atomic mass is 16.5. The number of carbonyl (C=O) groups is 2. The Labute approximate surface area is 162 Å². The third kappa shape index (κ3) is 4.94. The van der Waals surface area contributed by atoms with Crippen molar-refractivity contribution in [3.05, 3.63) is 71.8 Å². The van der Waals surface area contributed by atoms with Crippen molar-refractivity contribution in [1.82, 2.24) is 20.1 Å². The van der Waals surface area contributed by atoms with Gasteiger partial charge in [0.1, 0.15) is 18.4 Å². The van der Waals surface area contributed by atoms with Crippen molar-refractivity contribution >= 4 is 17.5 Å². The third-order valence-electron chi connectivity index (χ3n) is 4.07. The van der Waals surface area contributed by atoms with Gasteiger partial charge < -0.3 is 15.4 Å². The predicted octanol–water partition coefficient (Wildman–Crippen LogP) is 2.01. The average Bonchev–Trinajstić information content (AvgIpc) is 3.20. The molecule has 3 aromatic rings. The molecular weight excluding hydrogens is 358 g/mol. The Hall–Kier alpha value is -3.68. The lowest BCUT2D eigenvalue weighted by Crippen LogP contribution is -2.32. The number of nitrogens with zero attached hydrogens (tertiary/aromatic N) is 3. The summed E-state index contributed by atoms with van der Waals surface area (Å²) in [6.45, 7) is 2.35. The molecule has 144 valence electrons. The maximum Gasteiger partial charge on any atom is 0.251 e. The lowest BCUT2D eigenvalue weighted by Gasteiger charge is -2.11. The van der Waals surface area contributed by atoms with Crippen molar-refractivity contribution in [3.8, 4) is 5.75 Å². The van der Waals surface area contributed by atoms with E-state index in [4.69, 9.17) is 4.74 Å². The second-order valence-corrected chi connectivity index (χ2v) is 6.22. The number of rotatable bonds is 7. The Kier molecular flexibility index (Phi) is 6.01. The normalized spacial score (nSPS) is 10.4. The molecule has 0 aliphatic carbocycles. The maximum atomic E-state index is 12.3. The van der Waals surface area contributed by atoms with Crippen LogP contribution in [0.25, 0.3) is 0 Å². The first-order valence-electron chi connectivity index (χ1n) is 8.69. The lowest BCUT2D eigenvalue weighted by molar-refractivity contribution is -0.115. The minimum atomic E-state index is -0.333. The van der Waals surface area contributed by atoms with E-state index in [1.807, 2.05) is 31.2 Å². The van der Waals surface area contributed by atoms with Gasteiger partial charge in [-0.25, -0.2) is 9.67 Å². The van der Waals surface area contributed by atoms with E-state index >= 15 is 0 Å². The first-order valence-corrected chi connectivity index (χ1v) is 8.69. The molecule has 0 atom stereocenters. The van der Waals surface area contributed by atoms with Crippen molar-refractivity contribution < 1.29 is 14.3 Å². The molecule has 8 heteroatoms. The Morgan fingerprint density at radius 2 is 1.93 bits per heavy atom. The SMILES string of the molecule is COc1ccc(C)cc1NC(=O)CNC(=O)c1ccc(Cn2cncn2)cc1. The van der Waals surface area contributed by atoms with Crippen LogP contribution in [0.2, 0.25) is 0 Å². The number of aryl methyl sites for hydroxylation is 1. The highest BCUT2D eigenvalue weighted by molar-refractivity contribution is 5.99. The van der Waals surface area contributed by atoms with Gasteiger partial charge in [0, 0.05) is 5.56 Å². The van der Waals surface area contributed by atoms with Crippen LogP contribution in [0.5, 0.6) is 5.75 Å². The van der Waals surface area contributed by atoms with E-state index in [2.05, 4.69) is 20.7 Å². The summed E-state index contributed by atoms with van der Waals surface area (Å²) in [5.74, 6) is -0.0908. The summed E-state index contributed by atoms with van der Waals surface area (Å²) >= 11 is 0. The number of methoxy groups -OCH3 is 1. The lowest BCUT2D eigenvalue weighted by atomic mass is 10.1. The molecule has 0 radical (unpaired) electrons. The first kappa shape index (κ1) is 19.1. The standard InChI is InChI=1S/C20H21N5O3/c1-14-3-8-18(28-2)17(9-14)24-19(26)10-22-20(27)16-6-4-15(5-7-16)11-25-13-21-12-23-25/h3-9,12-13H,10-11H2,1-2H3,(H,22,27)(H,24,26). The van der Waals surface area contributed by atoms with Gasteiger partial charge in [-0.2, -0.15) is 5.10 Å². The number of hydrogen-bond donors (Lipinski definition) is 2. The summed E-state index contributed by atoms with van der Waals surface area (Å²) in [6, 6.07) is 12.6. The van der Waals surface area contributed by atoms with Crippen molar-refractivity contribution in [2.45, 2.75) is 13.5 Å².